The summed E-state index contributed by atoms with van der Waals surface area (Å²) in [5, 5.41) is 17.8. The summed E-state index contributed by atoms with van der Waals surface area (Å²) < 4.78 is 12.4. The number of amides is 1. The maximum absolute atomic E-state index is 11.8. The second-order valence-electron chi connectivity index (χ2n) is 6.43. The third kappa shape index (κ3) is 3.19. The first-order valence-corrected chi connectivity index (χ1v) is 8.76. The number of fused-ring (bicyclic) bond motifs is 1. The van der Waals surface area contributed by atoms with Gasteiger partial charge in [-0.25, -0.2) is 0 Å². The molecule has 1 atom stereocenters. The van der Waals surface area contributed by atoms with Crippen molar-refractivity contribution < 1.29 is 19.2 Å². The zero-order valence-corrected chi connectivity index (χ0v) is 14.7. The van der Waals surface area contributed by atoms with Crippen LogP contribution in [0.25, 0.3) is 0 Å². The molecule has 4 rings (SSSR count). The number of carbonyl (C=O) groups is 1. The number of carbonyl (C=O) groups excluding carboxylic acids is 1. The molecule has 0 aliphatic carbocycles. The van der Waals surface area contributed by atoms with Gasteiger partial charge in [-0.1, -0.05) is 11.6 Å². The van der Waals surface area contributed by atoms with Crippen molar-refractivity contribution in [3.05, 3.63) is 34.5 Å². The van der Waals surface area contributed by atoms with E-state index in [0.29, 0.717) is 34.2 Å². The van der Waals surface area contributed by atoms with E-state index in [1.165, 1.54) is 0 Å². The average Bonchev–Trinajstić information content (AvgIpc) is 3.20. The van der Waals surface area contributed by atoms with E-state index in [9.17, 15) is 9.82 Å². The zero-order chi connectivity index (χ0) is 18.3. The molecule has 1 saturated heterocycles. The molecule has 8 nitrogen and oxygen atoms in total. The normalized spacial score (nSPS) is 19.5. The van der Waals surface area contributed by atoms with Crippen LogP contribution in [0.4, 0.5) is 11.5 Å². The molecule has 3 heterocycles. The number of halogens is 1. The second kappa shape index (κ2) is 6.92. The van der Waals surface area contributed by atoms with Crippen LogP contribution in [0, 0.1) is 0 Å². The third-order valence-electron chi connectivity index (χ3n) is 4.63. The van der Waals surface area contributed by atoms with Crippen LogP contribution >= 0.6 is 11.6 Å². The van der Waals surface area contributed by atoms with Crippen LogP contribution < -0.4 is 16.5 Å². The molecule has 0 spiro atoms. The SMILES string of the molecule is NC(=O)c1cn([C@@H]2CCCOC2)nc1Nc1cc(Cl)c2c(c1)COB2O. The molecule has 4 N–H and O–H groups in total. The van der Waals surface area contributed by atoms with Crippen LogP contribution in [-0.2, 0) is 16.0 Å². The van der Waals surface area contributed by atoms with Gasteiger partial charge in [-0.05, 0) is 30.5 Å². The molecule has 2 aliphatic rings. The Labute approximate surface area is 155 Å². The van der Waals surface area contributed by atoms with Gasteiger partial charge in [-0.2, -0.15) is 5.10 Å². The van der Waals surface area contributed by atoms with E-state index >= 15 is 0 Å². The molecule has 136 valence electrons. The summed E-state index contributed by atoms with van der Waals surface area (Å²) >= 11 is 6.25. The maximum atomic E-state index is 11.8. The molecule has 10 heteroatoms. The Bertz CT molecular complexity index is 853. The Morgan fingerprint density at radius 1 is 1.50 bits per heavy atom. The van der Waals surface area contributed by atoms with Crippen molar-refractivity contribution in [3.63, 3.8) is 0 Å². The van der Waals surface area contributed by atoms with E-state index in [2.05, 4.69) is 10.4 Å². The number of rotatable bonds is 4. The molecule has 0 radical (unpaired) electrons. The fraction of sp³-hybridized carbons (Fsp3) is 0.375. The second-order valence-corrected chi connectivity index (χ2v) is 6.83. The van der Waals surface area contributed by atoms with Crippen molar-refractivity contribution in [1.29, 1.82) is 0 Å². The molecule has 26 heavy (non-hydrogen) atoms. The van der Waals surface area contributed by atoms with Crippen LogP contribution in [0.3, 0.4) is 0 Å². The molecule has 1 fully saturated rings. The monoisotopic (exact) mass is 376 g/mol. The first kappa shape index (κ1) is 17.4. The molecular weight excluding hydrogens is 358 g/mol. The molecule has 2 aliphatic heterocycles. The average molecular weight is 377 g/mol. The molecule has 1 aromatic heterocycles. The summed E-state index contributed by atoms with van der Waals surface area (Å²) in [7, 11) is -1.02. The number of benzene rings is 1. The molecule has 2 aromatic rings. The summed E-state index contributed by atoms with van der Waals surface area (Å²) in [6.07, 6.45) is 3.52. The van der Waals surface area contributed by atoms with Gasteiger partial charge in [0.15, 0.2) is 5.82 Å². The van der Waals surface area contributed by atoms with Crippen molar-refractivity contribution in [2.45, 2.75) is 25.5 Å². The quantitative estimate of drug-likeness (QED) is 0.685. The Kier molecular flexibility index (Phi) is 4.62. The highest BCUT2D eigenvalue weighted by Gasteiger charge is 2.30. The summed E-state index contributed by atoms with van der Waals surface area (Å²) in [6.45, 7) is 1.56. The highest BCUT2D eigenvalue weighted by molar-refractivity contribution is 6.65. The van der Waals surface area contributed by atoms with E-state index < -0.39 is 13.0 Å². The van der Waals surface area contributed by atoms with Crippen LogP contribution in [0.2, 0.25) is 5.02 Å². The van der Waals surface area contributed by atoms with Crippen LogP contribution in [0.5, 0.6) is 0 Å². The number of nitrogens with two attached hydrogens (primary N) is 1. The molecule has 1 amide bonds. The maximum Gasteiger partial charge on any atom is 0.493 e. The summed E-state index contributed by atoms with van der Waals surface area (Å²) in [6, 6.07) is 3.54. The lowest BCUT2D eigenvalue weighted by Gasteiger charge is -2.22. The van der Waals surface area contributed by atoms with Crippen molar-refractivity contribution in [3.8, 4) is 0 Å². The topological polar surface area (TPSA) is 112 Å². The predicted molar refractivity (Wildman–Crippen MR) is 97.0 cm³/mol. The van der Waals surface area contributed by atoms with E-state index in [4.69, 9.17) is 26.7 Å². The lowest BCUT2D eigenvalue weighted by atomic mass is 9.79. The highest BCUT2D eigenvalue weighted by Crippen LogP contribution is 2.27. The number of ether oxygens (including phenoxy) is 1. The first-order valence-electron chi connectivity index (χ1n) is 8.38. The van der Waals surface area contributed by atoms with Gasteiger partial charge in [0.1, 0.15) is 5.56 Å². The Balaban J connectivity index is 1.64. The van der Waals surface area contributed by atoms with Crippen molar-refractivity contribution in [1.82, 2.24) is 9.78 Å². The molecule has 0 bridgehead atoms. The minimum absolute atomic E-state index is 0.0737. The van der Waals surface area contributed by atoms with Gasteiger partial charge in [-0.15, -0.1) is 0 Å². The standard InChI is InChI=1S/C16H18BClN4O4/c18-13-5-10(4-9-7-26-17(24)14(9)13)20-16-12(15(19)23)6-22(21-16)11-2-1-3-25-8-11/h4-6,11,24H,1-3,7-8H2,(H2,19,23)(H,20,21)/t11-/m1/s1. The van der Waals surface area contributed by atoms with Gasteiger partial charge >= 0.3 is 7.12 Å². The first-order chi connectivity index (χ1) is 12.5. The predicted octanol–water partition coefficient (Wildman–Crippen LogP) is 0.948. The van der Waals surface area contributed by atoms with Gasteiger partial charge < -0.3 is 25.5 Å². The Morgan fingerprint density at radius 2 is 2.35 bits per heavy atom. The van der Waals surface area contributed by atoms with Crippen LogP contribution in [-0.4, -0.2) is 41.0 Å². The largest absolute Gasteiger partial charge is 0.493 e. The molecule has 0 unspecified atom stereocenters. The van der Waals surface area contributed by atoms with Crippen molar-refractivity contribution in [2.24, 2.45) is 5.73 Å². The van der Waals surface area contributed by atoms with E-state index in [1.807, 2.05) is 6.07 Å². The minimum Gasteiger partial charge on any atom is -0.423 e. The van der Waals surface area contributed by atoms with Crippen LogP contribution in [0.15, 0.2) is 18.3 Å². The number of primary amides is 1. The number of nitrogens with one attached hydrogen (secondary N) is 1. The highest BCUT2D eigenvalue weighted by atomic mass is 35.5. The van der Waals surface area contributed by atoms with E-state index in [-0.39, 0.29) is 12.6 Å². The van der Waals surface area contributed by atoms with Crippen molar-refractivity contribution in [2.75, 3.05) is 18.5 Å². The molecular formula is C16H18BClN4O4. The number of hydrogen-bond donors (Lipinski definition) is 3. The van der Waals surface area contributed by atoms with Crippen molar-refractivity contribution >= 4 is 41.6 Å². The van der Waals surface area contributed by atoms with Gasteiger partial charge in [-0.3, -0.25) is 9.48 Å². The lowest BCUT2D eigenvalue weighted by molar-refractivity contribution is 0.0550. The number of nitrogens with zero attached hydrogens (tertiary/aromatic N) is 2. The number of aromatic nitrogens is 2. The smallest absolute Gasteiger partial charge is 0.423 e. The van der Waals surface area contributed by atoms with Gasteiger partial charge in [0, 0.05) is 29.0 Å². The number of anilines is 2. The molecule has 0 saturated carbocycles. The minimum atomic E-state index is -1.02. The van der Waals surface area contributed by atoms with Gasteiger partial charge in [0.05, 0.1) is 19.3 Å². The summed E-state index contributed by atoms with van der Waals surface area (Å²) in [5.74, 6) is -0.208. The summed E-state index contributed by atoms with van der Waals surface area (Å²) in [4.78, 5) is 11.8. The van der Waals surface area contributed by atoms with E-state index in [0.717, 1.165) is 25.0 Å². The van der Waals surface area contributed by atoms with Crippen LogP contribution in [0.1, 0.15) is 34.8 Å². The van der Waals surface area contributed by atoms with E-state index in [1.54, 1.807) is 16.9 Å². The zero-order valence-electron chi connectivity index (χ0n) is 13.9. The Morgan fingerprint density at radius 3 is 3.08 bits per heavy atom. The lowest BCUT2D eigenvalue weighted by Crippen LogP contribution is -2.29. The van der Waals surface area contributed by atoms with Gasteiger partial charge in [0.2, 0.25) is 0 Å². The third-order valence-corrected chi connectivity index (χ3v) is 4.94. The molecule has 1 aromatic carbocycles. The summed E-state index contributed by atoms with van der Waals surface area (Å²) in [5.41, 5.74) is 7.79. The number of hydrogen-bond acceptors (Lipinski definition) is 6. The fourth-order valence-corrected chi connectivity index (χ4v) is 3.65. The fourth-order valence-electron chi connectivity index (χ4n) is 3.32. The Hall–Kier alpha value is -2.07. The van der Waals surface area contributed by atoms with Gasteiger partial charge in [0.25, 0.3) is 5.91 Å².